The van der Waals surface area contributed by atoms with Crippen molar-refractivity contribution in [2.75, 3.05) is 6.61 Å². The van der Waals surface area contributed by atoms with E-state index in [4.69, 9.17) is 4.74 Å². The molecular formula is C15H18Br2O. The van der Waals surface area contributed by atoms with Gasteiger partial charge in [0.1, 0.15) is 5.75 Å². The van der Waals surface area contributed by atoms with Crippen LogP contribution >= 0.6 is 31.9 Å². The largest absolute Gasteiger partial charge is 0.493 e. The van der Waals surface area contributed by atoms with Gasteiger partial charge >= 0.3 is 0 Å². The first kappa shape index (κ1) is 13.0. The Balaban J connectivity index is 1.80. The third-order valence-corrected chi connectivity index (χ3v) is 5.34. The first-order chi connectivity index (χ1) is 8.72. The zero-order chi connectivity index (χ0) is 12.5. The van der Waals surface area contributed by atoms with Crippen molar-refractivity contribution in [1.29, 1.82) is 0 Å². The Morgan fingerprint density at radius 3 is 3.00 bits per heavy atom. The Morgan fingerprint density at radius 2 is 2.17 bits per heavy atom. The smallest absolute Gasteiger partial charge is 0.125 e. The van der Waals surface area contributed by atoms with E-state index in [2.05, 4.69) is 44.0 Å². The second-order valence-electron chi connectivity index (χ2n) is 5.49. The second-order valence-corrected chi connectivity index (χ2v) is 7.70. The van der Waals surface area contributed by atoms with Crippen molar-refractivity contribution in [3.63, 3.8) is 0 Å². The van der Waals surface area contributed by atoms with Crippen LogP contribution < -0.4 is 4.74 Å². The van der Waals surface area contributed by atoms with Crippen LogP contribution in [0.2, 0.25) is 0 Å². The number of rotatable bonds is 2. The van der Waals surface area contributed by atoms with E-state index >= 15 is 0 Å². The minimum absolute atomic E-state index is 0.720. The Labute approximate surface area is 126 Å². The molecule has 98 valence electrons. The molecule has 0 N–H and O–H groups in total. The second kappa shape index (κ2) is 5.54. The van der Waals surface area contributed by atoms with Gasteiger partial charge in [-0.15, -0.1) is 0 Å². The first-order valence-electron chi connectivity index (χ1n) is 6.80. The minimum atomic E-state index is 0.720. The zero-order valence-electron chi connectivity index (χ0n) is 10.4. The molecule has 2 unspecified atom stereocenters. The van der Waals surface area contributed by atoms with Crippen LogP contribution in [0.15, 0.2) is 16.6 Å². The molecule has 0 spiro atoms. The lowest BCUT2D eigenvalue weighted by molar-refractivity contribution is 0.339. The first-order valence-corrected chi connectivity index (χ1v) is 8.51. The molecule has 3 heteroatoms. The van der Waals surface area contributed by atoms with Crippen LogP contribution in [0.25, 0.3) is 0 Å². The Kier molecular flexibility index (Phi) is 4.00. The average Bonchev–Trinajstić information content (AvgIpc) is 2.77. The molecule has 1 nitrogen and oxygen atoms in total. The number of hydrogen-bond donors (Lipinski definition) is 0. The third kappa shape index (κ3) is 2.77. The number of fused-ring (bicyclic) bond motifs is 1. The summed E-state index contributed by atoms with van der Waals surface area (Å²) < 4.78 is 7.02. The van der Waals surface area contributed by atoms with E-state index in [0.29, 0.717) is 0 Å². The van der Waals surface area contributed by atoms with E-state index in [0.717, 1.165) is 23.8 Å². The molecule has 1 aromatic carbocycles. The van der Waals surface area contributed by atoms with Crippen molar-refractivity contribution in [2.24, 2.45) is 5.92 Å². The summed E-state index contributed by atoms with van der Waals surface area (Å²) in [6, 6.07) is 4.46. The summed E-state index contributed by atoms with van der Waals surface area (Å²) in [4.78, 5) is 0.720. The minimum Gasteiger partial charge on any atom is -0.493 e. The molecule has 2 atom stereocenters. The SMILES string of the molecule is Brc1cc2c(c(CC3CCCC(Br)C3)c1)OCC2. The average molecular weight is 374 g/mol. The molecule has 0 radical (unpaired) electrons. The van der Waals surface area contributed by atoms with E-state index in [-0.39, 0.29) is 0 Å². The molecule has 0 amide bonds. The fourth-order valence-electron chi connectivity index (χ4n) is 3.22. The quantitative estimate of drug-likeness (QED) is 0.671. The van der Waals surface area contributed by atoms with Gasteiger partial charge in [0.2, 0.25) is 0 Å². The molecule has 1 aliphatic carbocycles. The molecule has 1 aliphatic heterocycles. The predicted molar refractivity (Wildman–Crippen MR) is 81.7 cm³/mol. The molecule has 1 heterocycles. The highest BCUT2D eigenvalue weighted by atomic mass is 79.9. The number of benzene rings is 1. The molecule has 0 bridgehead atoms. The summed E-state index contributed by atoms with van der Waals surface area (Å²) in [7, 11) is 0. The van der Waals surface area contributed by atoms with Gasteiger partial charge in [-0.3, -0.25) is 0 Å². The lowest BCUT2D eigenvalue weighted by Gasteiger charge is -2.26. The monoisotopic (exact) mass is 372 g/mol. The predicted octanol–water partition coefficient (Wildman–Crippen LogP) is 4.88. The fraction of sp³-hybridized carbons (Fsp3) is 0.600. The number of alkyl halides is 1. The van der Waals surface area contributed by atoms with E-state index in [1.54, 1.807) is 0 Å². The van der Waals surface area contributed by atoms with Crippen molar-refractivity contribution in [3.8, 4) is 5.75 Å². The van der Waals surface area contributed by atoms with Crippen LogP contribution in [0.3, 0.4) is 0 Å². The van der Waals surface area contributed by atoms with Gasteiger partial charge in [-0.25, -0.2) is 0 Å². The molecule has 2 aliphatic rings. The maximum absolute atomic E-state index is 5.82. The molecule has 1 saturated carbocycles. The van der Waals surface area contributed by atoms with Gasteiger partial charge in [0, 0.05) is 15.7 Å². The molecule has 3 rings (SSSR count). The summed E-state index contributed by atoms with van der Waals surface area (Å²) in [5, 5.41) is 0. The molecule has 1 fully saturated rings. The summed E-state index contributed by atoms with van der Waals surface area (Å²) in [6.45, 7) is 0.852. The molecule has 0 saturated heterocycles. The van der Waals surface area contributed by atoms with Gasteiger partial charge < -0.3 is 4.74 Å². The van der Waals surface area contributed by atoms with Crippen LogP contribution in [-0.2, 0) is 12.8 Å². The summed E-state index contributed by atoms with van der Waals surface area (Å²) in [5.74, 6) is 1.99. The summed E-state index contributed by atoms with van der Waals surface area (Å²) >= 11 is 7.41. The lowest BCUT2D eigenvalue weighted by Crippen LogP contribution is -2.17. The lowest BCUT2D eigenvalue weighted by atomic mass is 9.84. The van der Waals surface area contributed by atoms with Gasteiger partial charge in [0.05, 0.1) is 6.61 Å². The van der Waals surface area contributed by atoms with Gasteiger partial charge in [0.25, 0.3) is 0 Å². The number of halogens is 2. The fourth-order valence-corrected chi connectivity index (χ4v) is 4.62. The Hall–Kier alpha value is -0.0200. The van der Waals surface area contributed by atoms with Crippen LogP contribution in [0.4, 0.5) is 0 Å². The normalized spacial score (nSPS) is 26.8. The third-order valence-electron chi connectivity index (χ3n) is 4.05. The van der Waals surface area contributed by atoms with E-state index in [1.165, 1.54) is 53.5 Å². The Bertz CT molecular complexity index is 444. The highest BCUT2D eigenvalue weighted by molar-refractivity contribution is 9.10. The maximum Gasteiger partial charge on any atom is 0.125 e. The molecular weight excluding hydrogens is 356 g/mol. The highest BCUT2D eigenvalue weighted by Gasteiger charge is 2.24. The topological polar surface area (TPSA) is 9.23 Å². The molecule has 0 aromatic heterocycles. The van der Waals surface area contributed by atoms with Crippen LogP contribution in [0.5, 0.6) is 5.75 Å². The number of hydrogen-bond acceptors (Lipinski definition) is 1. The molecule has 18 heavy (non-hydrogen) atoms. The Morgan fingerprint density at radius 1 is 1.28 bits per heavy atom. The van der Waals surface area contributed by atoms with Crippen molar-refractivity contribution in [1.82, 2.24) is 0 Å². The summed E-state index contributed by atoms with van der Waals surface area (Å²) in [6.07, 6.45) is 7.60. The maximum atomic E-state index is 5.82. The van der Waals surface area contributed by atoms with Gasteiger partial charge in [0.15, 0.2) is 0 Å². The zero-order valence-corrected chi connectivity index (χ0v) is 13.6. The van der Waals surface area contributed by atoms with Crippen LogP contribution in [0.1, 0.15) is 36.8 Å². The van der Waals surface area contributed by atoms with Crippen molar-refractivity contribution >= 4 is 31.9 Å². The highest BCUT2D eigenvalue weighted by Crippen LogP contribution is 2.37. The number of ether oxygens (including phenoxy) is 1. The van der Waals surface area contributed by atoms with E-state index in [1.807, 2.05) is 0 Å². The van der Waals surface area contributed by atoms with Crippen molar-refractivity contribution in [3.05, 3.63) is 27.7 Å². The van der Waals surface area contributed by atoms with Crippen LogP contribution in [0, 0.1) is 5.92 Å². The van der Waals surface area contributed by atoms with E-state index < -0.39 is 0 Å². The van der Waals surface area contributed by atoms with Crippen molar-refractivity contribution < 1.29 is 4.74 Å². The van der Waals surface area contributed by atoms with Gasteiger partial charge in [-0.05, 0) is 48.4 Å². The molecule has 1 aromatic rings. The van der Waals surface area contributed by atoms with E-state index in [9.17, 15) is 0 Å². The van der Waals surface area contributed by atoms with Gasteiger partial charge in [-0.1, -0.05) is 44.7 Å². The van der Waals surface area contributed by atoms with Crippen LogP contribution in [-0.4, -0.2) is 11.4 Å². The van der Waals surface area contributed by atoms with Crippen molar-refractivity contribution in [2.45, 2.75) is 43.4 Å². The standard InChI is InChI=1S/C15H18Br2O/c16-13-3-1-2-10(7-13)6-12-9-14(17)8-11-4-5-18-15(11)12/h8-10,13H,1-7H2. The summed E-state index contributed by atoms with van der Waals surface area (Å²) in [5.41, 5.74) is 2.79. The van der Waals surface area contributed by atoms with Gasteiger partial charge in [-0.2, -0.15) is 0 Å².